The molecule has 0 spiro atoms. The standard InChI is InChI=1S/C11H21NO.C2H6/c1-2-11(13)10(12)8-7-9-5-3-4-6-9;1-2/h9-10H,2-8,12H2,1H3;1-2H3. The Bertz CT molecular complexity index is 162. The van der Waals surface area contributed by atoms with Crippen LogP contribution < -0.4 is 5.73 Å². The minimum absolute atomic E-state index is 0.189. The van der Waals surface area contributed by atoms with Crippen molar-refractivity contribution in [1.82, 2.24) is 0 Å². The van der Waals surface area contributed by atoms with Crippen molar-refractivity contribution >= 4 is 5.78 Å². The summed E-state index contributed by atoms with van der Waals surface area (Å²) in [5.41, 5.74) is 5.76. The van der Waals surface area contributed by atoms with Gasteiger partial charge in [0.15, 0.2) is 0 Å². The topological polar surface area (TPSA) is 43.1 Å². The predicted octanol–water partition coefficient (Wildman–Crippen LogP) is 3.29. The number of hydrogen-bond acceptors (Lipinski definition) is 2. The highest BCUT2D eigenvalue weighted by Gasteiger charge is 2.18. The van der Waals surface area contributed by atoms with Gasteiger partial charge in [-0.1, -0.05) is 46.5 Å². The van der Waals surface area contributed by atoms with E-state index in [0.29, 0.717) is 6.42 Å². The van der Waals surface area contributed by atoms with Crippen LogP contribution in [0.15, 0.2) is 0 Å². The summed E-state index contributed by atoms with van der Waals surface area (Å²) in [7, 11) is 0. The maximum Gasteiger partial charge on any atom is 0.149 e. The molecule has 0 aliphatic heterocycles. The minimum atomic E-state index is -0.189. The van der Waals surface area contributed by atoms with E-state index >= 15 is 0 Å². The van der Waals surface area contributed by atoms with Crippen molar-refractivity contribution in [3.05, 3.63) is 0 Å². The Morgan fingerprint density at radius 1 is 1.33 bits per heavy atom. The Morgan fingerprint density at radius 2 is 1.87 bits per heavy atom. The van der Waals surface area contributed by atoms with Crippen LogP contribution in [0.5, 0.6) is 0 Å². The van der Waals surface area contributed by atoms with E-state index in [1.165, 1.54) is 25.7 Å². The molecule has 1 fully saturated rings. The molecule has 1 saturated carbocycles. The van der Waals surface area contributed by atoms with E-state index in [-0.39, 0.29) is 11.8 Å². The maximum atomic E-state index is 11.2. The van der Waals surface area contributed by atoms with E-state index in [1.54, 1.807) is 0 Å². The summed E-state index contributed by atoms with van der Waals surface area (Å²) < 4.78 is 0. The molecule has 90 valence electrons. The van der Waals surface area contributed by atoms with Gasteiger partial charge in [-0.15, -0.1) is 0 Å². The Balaban J connectivity index is 0.000000921. The Morgan fingerprint density at radius 3 is 2.33 bits per heavy atom. The van der Waals surface area contributed by atoms with E-state index in [2.05, 4.69) is 0 Å². The van der Waals surface area contributed by atoms with Gasteiger partial charge in [0, 0.05) is 6.42 Å². The molecule has 0 aromatic carbocycles. The normalized spacial score (nSPS) is 18.1. The fourth-order valence-electron chi connectivity index (χ4n) is 2.14. The first-order valence-corrected chi connectivity index (χ1v) is 6.52. The highest BCUT2D eigenvalue weighted by Crippen LogP contribution is 2.28. The first kappa shape index (κ1) is 14.6. The second-order valence-corrected chi connectivity index (χ2v) is 4.15. The molecule has 0 heterocycles. The number of hydrogen-bond donors (Lipinski definition) is 1. The molecule has 1 unspecified atom stereocenters. The zero-order chi connectivity index (χ0) is 11.7. The number of nitrogens with two attached hydrogens (primary N) is 1. The van der Waals surface area contributed by atoms with Crippen LogP contribution in [0.25, 0.3) is 0 Å². The fourth-order valence-corrected chi connectivity index (χ4v) is 2.14. The summed E-state index contributed by atoms with van der Waals surface area (Å²) in [6.07, 6.45) is 8.11. The van der Waals surface area contributed by atoms with Crippen LogP contribution in [0, 0.1) is 5.92 Å². The number of rotatable bonds is 5. The van der Waals surface area contributed by atoms with Crippen molar-refractivity contribution < 1.29 is 4.79 Å². The smallest absolute Gasteiger partial charge is 0.149 e. The molecular formula is C13H27NO. The van der Waals surface area contributed by atoms with Gasteiger partial charge in [0.2, 0.25) is 0 Å². The van der Waals surface area contributed by atoms with Crippen molar-refractivity contribution in [2.45, 2.75) is 71.8 Å². The van der Waals surface area contributed by atoms with Gasteiger partial charge in [0.25, 0.3) is 0 Å². The molecule has 15 heavy (non-hydrogen) atoms. The quantitative estimate of drug-likeness (QED) is 0.761. The minimum Gasteiger partial charge on any atom is -0.322 e. The number of Topliss-reactive ketones (excluding diaryl/α,β-unsaturated/α-hetero) is 1. The summed E-state index contributed by atoms with van der Waals surface area (Å²) in [6, 6.07) is -0.189. The molecule has 2 heteroatoms. The van der Waals surface area contributed by atoms with Gasteiger partial charge in [-0.25, -0.2) is 0 Å². The molecule has 0 bridgehead atoms. The van der Waals surface area contributed by atoms with Gasteiger partial charge < -0.3 is 5.73 Å². The van der Waals surface area contributed by atoms with Crippen molar-refractivity contribution in [1.29, 1.82) is 0 Å². The zero-order valence-electron chi connectivity index (χ0n) is 10.6. The molecule has 1 aliphatic rings. The van der Waals surface area contributed by atoms with E-state index in [9.17, 15) is 4.79 Å². The van der Waals surface area contributed by atoms with Crippen LogP contribution in [-0.2, 0) is 4.79 Å². The van der Waals surface area contributed by atoms with Gasteiger partial charge in [0.05, 0.1) is 6.04 Å². The average molecular weight is 213 g/mol. The summed E-state index contributed by atoms with van der Waals surface area (Å²) in [6.45, 7) is 5.89. The van der Waals surface area contributed by atoms with Crippen LogP contribution in [0.2, 0.25) is 0 Å². The maximum absolute atomic E-state index is 11.2. The van der Waals surface area contributed by atoms with Crippen LogP contribution >= 0.6 is 0 Å². The molecule has 0 amide bonds. The monoisotopic (exact) mass is 213 g/mol. The first-order valence-electron chi connectivity index (χ1n) is 6.52. The molecule has 2 nitrogen and oxygen atoms in total. The molecule has 0 saturated heterocycles. The van der Waals surface area contributed by atoms with Crippen molar-refractivity contribution in [2.24, 2.45) is 11.7 Å². The van der Waals surface area contributed by atoms with Crippen molar-refractivity contribution in [3.8, 4) is 0 Å². The lowest BCUT2D eigenvalue weighted by atomic mass is 9.96. The zero-order valence-corrected chi connectivity index (χ0v) is 10.6. The van der Waals surface area contributed by atoms with Gasteiger partial charge >= 0.3 is 0 Å². The van der Waals surface area contributed by atoms with Gasteiger partial charge in [-0.05, 0) is 18.8 Å². The molecule has 0 aromatic rings. The van der Waals surface area contributed by atoms with Gasteiger partial charge in [-0.3, -0.25) is 4.79 Å². The Labute approximate surface area is 94.6 Å². The lowest BCUT2D eigenvalue weighted by Gasteiger charge is -2.12. The molecular weight excluding hydrogens is 186 g/mol. The van der Waals surface area contributed by atoms with Crippen LogP contribution in [0.3, 0.4) is 0 Å². The second-order valence-electron chi connectivity index (χ2n) is 4.15. The average Bonchev–Trinajstić information content (AvgIpc) is 2.80. The molecule has 0 aromatic heterocycles. The third-order valence-corrected chi connectivity index (χ3v) is 3.12. The molecule has 0 radical (unpaired) electrons. The highest BCUT2D eigenvalue weighted by molar-refractivity contribution is 5.83. The largest absolute Gasteiger partial charge is 0.322 e. The SMILES string of the molecule is CC.CCC(=O)C(N)CCC1CCCC1. The Kier molecular flexibility index (Phi) is 8.68. The first-order chi connectivity index (χ1) is 7.24. The van der Waals surface area contributed by atoms with E-state index in [0.717, 1.165) is 18.8 Å². The number of ketones is 1. The summed E-state index contributed by atoms with van der Waals surface area (Å²) in [5.74, 6) is 1.08. The molecule has 1 aliphatic carbocycles. The number of carbonyl (C=O) groups excluding carboxylic acids is 1. The van der Waals surface area contributed by atoms with Gasteiger partial charge in [-0.2, -0.15) is 0 Å². The fraction of sp³-hybridized carbons (Fsp3) is 0.923. The predicted molar refractivity (Wildman–Crippen MR) is 65.8 cm³/mol. The third kappa shape index (κ3) is 5.93. The molecule has 2 N–H and O–H groups in total. The lowest BCUT2D eigenvalue weighted by Crippen LogP contribution is -2.30. The van der Waals surface area contributed by atoms with Crippen LogP contribution in [0.1, 0.15) is 65.7 Å². The van der Waals surface area contributed by atoms with Crippen molar-refractivity contribution in [2.75, 3.05) is 0 Å². The van der Waals surface area contributed by atoms with Crippen LogP contribution in [0.4, 0.5) is 0 Å². The Hall–Kier alpha value is -0.370. The molecule has 1 atom stereocenters. The van der Waals surface area contributed by atoms with Gasteiger partial charge in [0.1, 0.15) is 5.78 Å². The molecule has 1 rings (SSSR count). The van der Waals surface area contributed by atoms with E-state index in [4.69, 9.17) is 5.73 Å². The lowest BCUT2D eigenvalue weighted by molar-refractivity contribution is -0.120. The van der Waals surface area contributed by atoms with Crippen molar-refractivity contribution in [3.63, 3.8) is 0 Å². The summed E-state index contributed by atoms with van der Waals surface area (Å²) in [5, 5.41) is 0. The second kappa shape index (κ2) is 8.90. The summed E-state index contributed by atoms with van der Waals surface area (Å²) >= 11 is 0. The highest BCUT2D eigenvalue weighted by atomic mass is 16.1. The number of carbonyl (C=O) groups is 1. The van der Waals surface area contributed by atoms with E-state index < -0.39 is 0 Å². The van der Waals surface area contributed by atoms with Crippen LogP contribution in [-0.4, -0.2) is 11.8 Å². The summed E-state index contributed by atoms with van der Waals surface area (Å²) in [4.78, 5) is 11.2. The third-order valence-electron chi connectivity index (χ3n) is 3.12. The van der Waals surface area contributed by atoms with E-state index in [1.807, 2.05) is 20.8 Å².